The Bertz CT molecular complexity index is 3030. The molecule has 16 heteroatoms. The van der Waals surface area contributed by atoms with E-state index >= 15 is 4.39 Å². The third-order valence-electron chi connectivity index (χ3n) is 10.2. The molecule has 0 unspecified atom stereocenters. The van der Waals surface area contributed by atoms with Crippen molar-refractivity contribution in [2.24, 2.45) is 0 Å². The molecule has 5 heterocycles. The van der Waals surface area contributed by atoms with Gasteiger partial charge in [-0.25, -0.2) is 18.7 Å². The third kappa shape index (κ3) is 10.4. The first-order chi connectivity index (χ1) is 31.8. The zero-order valence-corrected chi connectivity index (χ0v) is 36.7. The number of pyridine rings is 4. The molecule has 1 fully saturated rings. The highest BCUT2D eigenvalue weighted by molar-refractivity contribution is 5.86. The van der Waals surface area contributed by atoms with Gasteiger partial charge >= 0.3 is 6.18 Å². The number of allylic oxidation sites excluding steroid dienone is 4. The Labute approximate surface area is 377 Å². The maximum absolute atomic E-state index is 15.0. The van der Waals surface area contributed by atoms with Crippen LogP contribution in [0.3, 0.4) is 0 Å². The smallest absolute Gasteiger partial charge is 0.391 e. The molecule has 11 nitrogen and oxygen atoms in total. The van der Waals surface area contributed by atoms with Gasteiger partial charge in [0.15, 0.2) is 16.5 Å². The van der Waals surface area contributed by atoms with Crippen LogP contribution >= 0.6 is 0 Å². The Balaban J connectivity index is 0.000000217. The minimum Gasteiger partial charge on any atom is -0.391 e. The number of nitrogens with zero attached hydrogens (tertiary/aromatic N) is 5. The molecule has 1 saturated heterocycles. The summed E-state index contributed by atoms with van der Waals surface area (Å²) in [6, 6.07) is 25.8. The number of benzene rings is 3. The van der Waals surface area contributed by atoms with Crippen molar-refractivity contribution in [1.29, 1.82) is 0 Å². The van der Waals surface area contributed by atoms with Crippen molar-refractivity contribution in [3.63, 3.8) is 0 Å². The summed E-state index contributed by atoms with van der Waals surface area (Å²) in [7, 11) is 0. The van der Waals surface area contributed by atoms with Gasteiger partial charge in [-0.15, -0.1) is 0 Å². The Morgan fingerprint density at radius 2 is 1.53 bits per heavy atom. The van der Waals surface area contributed by atoms with Gasteiger partial charge in [-0.3, -0.25) is 18.7 Å². The van der Waals surface area contributed by atoms with Crippen molar-refractivity contribution in [2.75, 3.05) is 41.8 Å². The molecule has 342 valence electrons. The number of aromatic nitrogens is 4. The number of halogens is 5. The summed E-state index contributed by atoms with van der Waals surface area (Å²) in [6.45, 7) is 12.4. The van der Waals surface area contributed by atoms with Crippen LogP contribution in [0.5, 0.6) is 0 Å². The lowest BCUT2D eigenvalue weighted by Gasteiger charge is -2.29. The lowest BCUT2D eigenvalue weighted by atomic mass is 10.1. The van der Waals surface area contributed by atoms with E-state index in [2.05, 4.69) is 27.2 Å². The predicted octanol–water partition coefficient (Wildman–Crippen LogP) is 10.5. The second-order valence-corrected chi connectivity index (χ2v) is 14.4. The van der Waals surface area contributed by atoms with Crippen LogP contribution in [0.4, 0.5) is 45.1 Å². The summed E-state index contributed by atoms with van der Waals surface area (Å²) in [5.41, 5.74) is 0.0698. The number of nitrogens with one attached hydrogen (secondary N) is 2. The first kappa shape index (κ1) is 48.0. The Kier molecular flexibility index (Phi) is 15.6. The van der Waals surface area contributed by atoms with Gasteiger partial charge in [-0.05, 0) is 80.6 Å². The molecular weight excluding hydrogens is 858 g/mol. The van der Waals surface area contributed by atoms with E-state index in [0.29, 0.717) is 22.5 Å². The zero-order chi connectivity index (χ0) is 47.5. The summed E-state index contributed by atoms with van der Waals surface area (Å²) < 4.78 is 80.3. The van der Waals surface area contributed by atoms with E-state index in [0.717, 1.165) is 34.1 Å². The number of aryl methyl sites for hydroxylation is 1. The lowest BCUT2D eigenvalue weighted by Crippen LogP contribution is -2.37. The number of fused-ring (bicyclic) bond motifs is 2. The van der Waals surface area contributed by atoms with Gasteiger partial charge in [0.1, 0.15) is 34.7 Å². The predicted molar refractivity (Wildman–Crippen MR) is 251 cm³/mol. The molecule has 4 aromatic heterocycles. The number of anilines is 4. The Morgan fingerprint density at radius 3 is 2.17 bits per heavy atom. The molecule has 0 aliphatic carbocycles. The molecule has 8 rings (SSSR count). The van der Waals surface area contributed by atoms with E-state index in [1.807, 2.05) is 80.8 Å². The molecule has 1 aliphatic rings. The molecule has 66 heavy (non-hydrogen) atoms. The zero-order valence-electron chi connectivity index (χ0n) is 36.7. The molecule has 0 bridgehead atoms. The van der Waals surface area contributed by atoms with Crippen LogP contribution in [0.25, 0.3) is 33.4 Å². The standard InChI is InChI=1S/C25H19F5N4O2.C23H23N3O2.C2H6/c26-16-5-1-3-7-18(16)31-22-14-20(35)23-15(25(28,29)30)13-21(33-9-11-36-12-10-33)32-24(23)34(22)19-8-4-2-6-17(19)27;1-4-6-10-17(5-2)25-23-20(15-27)21(28)19-14-13-16(3)24-22(19)26(23)18-11-8-7-9-12-18;1-2/h1-8,13-14,31H,9-12H2;4-14,25,27H,2,15H2,1,3H3;1-2H3/b;6-4-,17-10+;. The van der Waals surface area contributed by atoms with E-state index in [4.69, 9.17) is 4.74 Å². The summed E-state index contributed by atoms with van der Waals surface area (Å²) in [6.07, 6.45) is 2.39. The van der Waals surface area contributed by atoms with Gasteiger partial charge in [-0.1, -0.05) is 75.0 Å². The van der Waals surface area contributed by atoms with Gasteiger partial charge in [-0.2, -0.15) is 13.2 Å². The topological polar surface area (TPSA) is 127 Å². The Morgan fingerprint density at radius 1 is 0.864 bits per heavy atom. The highest BCUT2D eigenvalue weighted by Gasteiger charge is 2.36. The molecule has 0 amide bonds. The molecule has 0 spiro atoms. The minimum absolute atomic E-state index is 0.0364. The highest BCUT2D eigenvalue weighted by Crippen LogP contribution is 2.38. The number of hydrogen-bond acceptors (Lipinski definition) is 9. The average molecular weight is 906 g/mol. The number of aliphatic hydroxyl groups excluding tert-OH is 1. The largest absolute Gasteiger partial charge is 0.417 e. The minimum atomic E-state index is -4.89. The number of ether oxygens (including phenoxy) is 1. The second kappa shape index (κ2) is 21.5. The lowest BCUT2D eigenvalue weighted by molar-refractivity contribution is -0.136. The van der Waals surface area contributed by atoms with Gasteiger partial charge < -0.3 is 25.4 Å². The van der Waals surface area contributed by atoms with Crippen LogP contribution in [0.1, 0.15) is 37.6 Å². The van der Waals surface area contributed by atoms with Crippen LogP contribution in [0.2, 0.25) is 0 Å². The first-order valence-corrected chi connectivity index (χ1v) is 21.1. The fourth-order valence-electron chi connectivity index (χ4n) is 7.15. The van der Waals surface area contributed by atoms with Crippen molar-refractivity contribution in [2.45, 2.75) is 40.5 Å². The Hall–Kier alpha value is -7.43. The van der Waals surface area contributed by atoms with E-state index in [9.17, 15) is 32.3 Å². The third-order valence-corrected chi connectivity index (χ3v) is 10.2. The van der Waals surface area contributed by atoms with Crippen molar-refractivity contribution >= 4 is 45.2 Å². The summed E-state index contributed by atoms with van der Waals surface area (Å²) in [4.78, 5) is 36.8. The maximum Gasteiger partial charge on any atom is 0.417 e. The van der Waals surface area contributed by atoms with Crippen molar-refractivity contribution in [1.82, 2.24) is 19.1 Å². The van der Waals surface area contributed by atoms with Crippen LogP contribution in [-0.2, 0) is 17.5 Å². The number of alkyl halides is 3. The van der Waals surface area contributed by atoms with E-state index in [1.54, 1.807) is 23.1 Å². The van der Waals surface area contributed by atoms with E-state index < -0.39 is 46.4 Å². The van der Waals surface area contributed by atoms with E-state index in [1.165, 1.54) is 42.5 Å². The van der Waals surface area contributed by atoms with Gasteiger partial charge in [0, 0.05) is 36.2 Å². The first-order valence-electron chi connectivity index (χ1n) is 21.1. The van der Waals surface area contributed by atoms with Gasteiger partial charge in [0.05, 0.1) is 53.1 Å². The highest BCUT2D eigenvalue weighted by atomic mass is 19.4. The fourth-order valence-corrected chi connectivity index (χ4v) is 7.15. The molecule has 0 radical (unpaired) electrons. The van der Waals surface area contributed by atoms with Gasteiger partial charge in [0.2, 0.25) is 0 Å². The molecule has 3 N–H and O–H groups in total. The second-order valence-electron chi connectivity index (χ2n) is 14.4. The van der Waals surface area contributed by atoms with Crippen LogP contribution in [0.15, 0.2) is 149 Å². The van der Waals surface area contributed by atoms with Gasteiger partial charge in [0.25, 0.3) is 0 Å². The summed E-state index contributed by atoms with van der Waals surface area (Å²) in [5, 5.41) is 15.7. The molecule has 0 atom stereocenters. The summed E-state index contributed by atoms with van der Waals surface area (Å²) >= 11 is 0. The number of para-hydroxylation sites is 3. The van der Waals surface area contributed by atoms with E-state index in [-0.39, 0.29) is 60.3 Å². The van der Waals surface area contributed by atoms with Crippen molar-refractivity contribution < 1.29 is 31.8 Å². The summed E-state index contributed by atoms with van der Waals surface area (Å²) in [5.74, 6) is -1.16. The van der Waals surface area contributed by atoms with Crippen LogP contribution < -0.4 is 26.4 Å². The van der Waals surface area contributed by atoms with Crippen LogP contribution in [0, 0.1) is 18.6 Å². The molecular formula is C50H48F5N7O4. The maximum atomic E-state index is 15.0. The quantitative estimate of drug-likeness (QED) is 0.0908. The van der Waals surface area contributed by atoms with Crippen molar-refractivity contribution in [3.8, 4) is 11.4 Å². The fraction of sp³-hybridized carbons (Fsp3) is 0.200. The van der Waals surface area contributed by atoms with Crippen LogP contribution in [-0.4, -0.2) is 50.5 Å². The monoisotopic (exact) mass is 905 g/mol. The number of hydrogen-bond donors (Lipinski definition) is 3. The SMILES string of the molecule is C=C/C(=C\C=C/C)Nc1c(CO)c(=O)c2ccc(C)nc2n1-c1ccccc1.CC.O=c1cc(Nc2ccccc2F)n(-c2ccccc2F)c2nc(N3CCOCC3)cc(C(F)(F)F)c12. The molecule has 3 aromatic carbocycles. The number of morpholine rings is 1. The average Bonchev–Trinajstić information content (AvgIpc) is 3.32. The normalized spacial score (nSPS) is 12.9. The number of aliphatic hydroxyl groups is 1. The number of rotatable bonds is 10. The molecule has 1 aliphatic heterocycles. The van der Waals surface area contributed by atoms with Crippen molar-refractivity contribution in [3.05, 3.63) is 189 Å². The molecule has 0 saturated carbocycles. The molecule has 7 aromatic rings.